The van der Waals surface area contributed by atoms with Crippen molar-refractivity contribution >= 4 is 41.5 Å². The molecule has 1 aromatic rings. The second-order valence-corrected chi connectivity index (χ2v) is 4.74. The molecule has 1 aromatic carbocycles. The molecular weight excluding hydrogens is 313 g/mol. The van der Waals surface area contributed by atoms with Crippen molar-refractivity contribution in [3.8, 4) is 0 Å². The number of benzene rings is 1. The molecule has 5 nitrogen and oxygen atoms in total. The average Bonchev–Trinajstić information content (AvgIpc) is 2.41. The summed E-state index contributed by atoms with van der Waals surface area (Å²) in [5.74, 6) is -0.367. The van der Waals surface area contributed by atoms with Crippen LogP contribution in [0.3, 0.4) is 0 Å². The number of carbonyl (C=O) groups excluding carboxylic acids is 2. The van der Waals surface area contributed by atoms with E-state index in [1.165, 1.54) is 0 Å². The van der Waals surface area contributed by atoms with Gasteiger partial charge in [0.1, 0.15) is 0 Å². The quantitative estimate of drug-likeness (QED) is 0.671. The molecule has 0 saturated carbocycles. The van der Waals surface area contributed by atoms with E-state index in [-0.39, 0.29) is 24.2 Å². The summed E-state index contributed by atoms with van der Waals surface area (Å²) in [5, 5.41) is 8.88. The number of amides is 2. The summed E-state index contributed by atoms with van der Waals surface area (Å²) in [5.41, 5.74) is 0.858. The van der Waals surface area contributed by atoms with Gasteiger partial charge in [-0.05, 0) is 45.1 Å². The van der Waals surface area contributed by atoms with Gasteiger partial charge in [0.15, 0.2) is 0 Å². The summed E-state index contributed by atoms with van der Waals surface area (Å²) >= 11 is 5.90. The van der Waals surface area contributed by atoms with Gasteiger partial charge in [0, 0.05) is 18.0 Å². The summed E-state index contributed by atoms with van der Waals surface area (Å²) in [6, 6.07) is 4.84. The maximum Gasteiger partial charge on any atom is 0.253 e. The molecule has 118 valence electrons. The molecule has 0 aromatic heterocycles. The first-order chi connectivity index (χ1) is 9.58. The topological polar surface area (TPSA) is 70.2 Å². The van der Waals surface area contributed by atoms with Gasteiger partial charge < -0.3 is 16.0 Å². The summed E-state index contributed by atoms with van der Waals surface area (Å²) in [6.45, 7) is 3.12. The first-order valence-electron chi connectivity index (χ1n) is 6.60. The molecular formula is C14H21Cl2N3O2. The molecule has 0 aliphatic carbocycles. The van der Waals surface area contributed by atoms with E-state index < -0.39 is 0 Å². The second kappa shape index (κ2) is 10.4. The Hall–Kier alpha value is -1.30. The Morgan fingerprint density at radius 2 is 2.00 bits per heavy atom. The van der Waals surface area contributed by atoms with Crippen molar-refractivity contribution in [3.05, 3.63) is 28.8 Å². The molecule has 0 bridgehead atoms. The third-order valence-electron chi connectivity index (χ3n) is 2.67. The van der Waals surface area contributed by atoms with Gasteiger partial charge in [-0.2, -0.15) is 0 Å². The molecule has 3 N–H and O–H groups in total. The summed E-state index contributed by atoms with van der Waals surface area (Å²) in [6.07, 6.45) is 1.14. The molecule has 0 saturated heterocycles. The van der Waals surface area contributed by atoms with Crippen LogP contribution in [0.1, 0.15) is 30.1 Å². The Bertz CT molecular complexity index is 481. The standard InChI is InChI=1S/C14H20ClN3O2.ClH/c1-3-17-14(20)11-9-10(15)6-7-12(11)18-13(19)5-4-8-16-2;/h6-7,9,16H,3-5,8H2,1-2H3,(H,17,20)(H,18,19);1H. The van der Waals surface area contributed by atoms with E-state index >= 15 is 0 Å². The van der Waals surface area contributed by atoms with Gasteiger partial charge in [-0.1, -0.05) is 11.6 Å². The first-order valence-corrected chi connectivity index (χ1v) is 6.98. The normalized spacial score (nSPS) is 9.67. The molecule has 0 radical (unpaired) electrons. The van der Waals surface area contributed by atoms with Gasteiger partial charge in [-0.25, -0.2) is 0 Å². The van der Waals surface area contributed by atoms with E-state index in [1.807, 2.05) is 14.0 Å². The van der Waals surface area contributed by atoms with Crippen molar-refractivity contribution in [2.75, 3.05) is 25.5 Å². The first kappa shape index (κ1) is 19.7. The fourth-order valence-electron chi connectivity index (χ4n) is 1.71. The Morgan fingerprint density at radius 1 is 1.29 bits per heavy atom. The van der Waals surface area contributed by atoms with Crippen LogP contribution >= 0.6 is 24.0 Å². The highest BCUT2D eigenvalue weighted by Crippen LogP contribution is 2.21. The van der Waals surface area contributed by atoms with Crippen molar-refractivity contribution in [3.63, 3.8) is 0 Å². The molecule has 0 aliphatic rings. The zero-order chi connectivity index (χ0) is 15.0. The number of anilines is 1. The van der Waals surface area contributed by atoms with Gasteiger partial charge in [-0.15, -0.1) is 12.4 Å². The van der Waals surface area contributed by atoms with Crippen LogP contribution < -0.4 is 16.0 Å². The van der Waals surface area contributed by atoms with E-state index in [4.69, 9.17) is 11.6 Å². The lowest BCUT2D eigenvalue weighted by atomic mass is 10.1. The zero-order valence-electron chi connectivity index (χ0n) is 12.2. The van der Waals surface area contributed by atoms with Crippen molar-refractivity contribution in [2.24, 2.45) is 0 Å². The lowest BCUT2D eigenvalue weighted by Crippen LogP contribution is -2.25. The van der Waals surface area contributed by atoms with Crippen LogP contribution in [0.2, 0.25) is 5.02 Å². The minimum Gasteiger partial charge on any atom is -0.352 e. The van der Waals surface area contributed by atoms with E-state index in [0.29, 0.717) is 29.2 Å². The maximum atomic E-state index is 11.9. The van der Waals surface area contributed by atoms with Crippen molar-refractivity contribution in [1.29, 1.82) is 0 Å². The van der Waals surface area contributed by atoms with Crippen LogP contribution in [-0.2, 0) is 4.79 Å². The number of halogens is 2. The molecule has 7 heteroatoms. The SMILES string of the molecule is CCNC(=O)c1cc(Cl)ccc1NC(=O)CCCNC.Cl. The highest BCUT2D eigenvalue weighted by Gasteiger charge is 2.13. The molecule has 0 fully saturated rings. The van der Waals surface area contributed by atoms with E-state index in [1.54, 1.807) is 18.2 Å². The minimum atomic E-state index is -0.250. The Kier molecular flexibility index (Phi) is 9.78. The van der Waals surface area contributed by atoms with E-state index in [9.17, 15) is 9.59 Å². The molecule has 21 heavy (non-hydrogen) atoms. The lowest BCUT2D eigenvalue weighted by molar-refractivity contribution is -0.116. The predicted octanol–water partition coefficient (Wildman–Crippen LogP) is 2.45. The molecule has 0 heterocycles. The molecule has 2 amide bonds. The third-order valence-corrected chi connectivity index (χ3v) is 2.90. The Balaban J connectivity index is 0.00000400. The second-order valence-electron chi connectivity index (χ2n) is 4.30. The number of rotatable bonds is 7. The van der Waals surface area contributed by atoms with Gasteiger partial charge in [0.25, 0.3) is 5.91 Å². The highest BCUT2D eigenvalue weighted by molar-refractivity contribution is 6.31. The van der Waals surface area contributed by atoms with Gasteiger partial charge in [-0.3, -0.25) is 9.59 Å². The molecule has 0 spiro atoms. The molecule has 0 atom stereocenters. The zero-order valence-corrected chi connectivity index (χ0v) is 13.7. The van der Waals surface area contributed by atoms with Crippen molar-refractivity contribution in [2.45, 2.75) is 19.8 Å². The largest absolute Gasteiger partial charge is 0.352 e. The molecule has 0 aliphatic heterocycles. The average molecular weight is 334 g/mol. The number of carbonyl (C=O) groups is 2. The molecule has 0 unspecified atom stereocenters. The van der Waals surface area contributed by atoms with Gasteiger partial charge in [0.05, 0.1) is 11.3 Å². The van der Waals surface area contributed by atoms with Crippen LogP contribution in [0.5, 0.6) is 0 Å². The lowest BCUT2D eigenvalue weighted by Gasteiger charge is -2.11. The van der Waals surface area contributed by atoms with E-state index in [0.717, 1.165) is 13.0 Å². The summed E-state index contributed by atoms with van der Waals surface area (Å²) in [4.78, 5) is 23.7. The van der Waals surface area contributed by atoms with Crippen molar-refractivity contribution < 1.29 is 9.59 Å². The monoisotopic (exact) mass is 333 g/mol. The van der Waals surface area contributed by atoms with E-state index in [2.05, 4.69) is 16.0 Å². The van der Waals surface area contributed by atoms with Gasteiger partial charge >= 0.3 is 0 Å². The minimum absolute atomic E-state index is 0. The van der Waals surface area contributed by atoms with Crippen LogP contribution in [0, 0.1) is 0 Å². The summed E-state index contributed by atoms with van der Waals surface area (Å²) in [7, 11) is 1.84. The maximum absolute atomic E-state index is 11.9. The third kappa shape index (κ3) is 6.80. The van der Waals surface area contributed by atoms with Crippen LogP contribution in [0.4, 0.5) is 5.69 Å². The van der Waals surface area contributed by atoms with Crippen LogP contribution in [0.15, 0.2) is 18.2 Å². The fraction of sp³-hybridized carbons (Fsp3) is 0.429. The summed E-state index contributed by atoms with van der Waals surface area (Å²) < 4.78 is 0. The van der Waals surface area contributed by atoms with Crippen molar-refractivity contribution in [1.82, 2.24) is 10.6 Å². The Labute approximate surface area is 136 Å². The number of hydrogen-bond acceptors (Lipinski definition) is 3. The van der Waals surface area contributed by atoms with Crippen LogP contribution in [0.25, 0.3) is 0 Å². The Morgan fingerprint density at radius 3 is 2.62 bits per heavy atom. The highest BCUT2D eigenvalue weighted by atomic mass is 35.5. The number of hydrogen-bond donors (Lipinski definition) is 3. The smallest absolute Gasteiger partial charge is 0.253 e. The van der Waals surface area contributed by atoms with Crippen LogP contribution in [-0.4, -0.2) is 32.0 Å². The predicted molar refractivity (Wildman–Crippen MR) is 88.5 cm³/mol. The van der Waals surface area contributed by atoms with Gasteiger partial charge in [0.2, 0.25) is 5.91 Å². The fourth-order valence-corrected chi connectivity index (χ4v) is 1.88. The number of nitrogens with one attached hydrogen (secondary N) is 3. The molecule has 1 rings (SSSR count).